The van der Waals surface area contributed by atoms with E-state index in [0.717, 1.165) is 31.2 Å². The van der Waals surface area contributed by atoms with E-state index in [1.165, 1.54) is 44.1 Å². The second-order valence-electron chi connectivity index (χ2n) is 7.55. The minimum Gasteiger partial charge on any atom is -0.490 e. The van der Waals surface area contributed by atoms with Crippen LogP contribution in [0.15, 0.2) is 30.6 Å². The number of benzene rings is 1. The second kappa shape index (κ2) is 7.56. The number of piperidine rings is 1. The molecule has 0 spiro atoms. The first-order chi connectivity index (χ1) is 12.3. The zero-order valence-electron chi connectivity index (χ0n) is 15.1. The van der Waals surface area contributed by atoms with E-state index in [-0.39, 0.29) is 0 Å². The predicted octanol–water partition coefficient (Wildman–Crippen LogP) is 3.52. The lowest BCUT2D eigenvalue weighted by atomic mass is 9.96. The van der Waals surface area contributed by atoms with Crippen molar-refractivity contribution in [3.63, 3.8) is 0 Å². The molecule has 2 fully saturated rings. The summed E-state index contributed by atoms with van der Waals surface area (Å²) in [6.45, 7) is 3.19. The van der Waals surface area contributed by atoms with Gasteiger partial charge in [-0.2, -0.15) is 0 Å². The van der Waals surface area contributed by atoms with Crippen molar-refractivity contribution in [2.24, 2.45) is 7.05 Å². The number of ether oxygens (including phenoxy) is 1. The van der Waals surface area contributed by atoms with Gasteiger partial charge in [0.1, 0.15) is 17.9 Å². The lowest BCUT2D eigenvalue weighted by Crippen LogP contribution is -2.34. The smallest absolute Gasteiger partial charge is 0.136 e. The van der Waals surface area contributed by atoms with Gasteiger partial charge in [0.05, 0.1) is 6.10 Å². The molecule has 25 heavy (non-hydrogen) atoms. The second-order valence-corrected chi connectivity index (χ2v) is 7.55. The molecule has 1 aliphatic carbocycles. The van der Waals surface area contributed by atoms with Gasteiger partial charge in [0.15, 0.2) is 0 Å². The maximum atomic E-state index is 6.16. The Kier molecular flexibility index (Phi) is 5.02. The molecule has 1 saturated heterocycles. The lowest BCUT2D eigenvalue weighted by molar-refractivity contribution is 0.193. The first-order valence-corrected chi connectivity index (χ1v) is 9.60. The Morgan fingerprint density at radius 3 is 2.84 bits per heavy atom. The van der Waals surface area contributed by atoms with Gasteiger partial charge in [-0.05, 0) is 62.8 Å². The zero-order valence-corrected chi connectivity index (χ0v) is 15.1. The fourth-order valence-electron chi connectivity index (χ4n) is 4.25. The highest BCUT2D eigenvalue weighted by Gasteiger charge is 2.24. The zero-order chi connectivity index (χ0) is 17.1. The van der Waals surface area contributed by atoms with Crippen molar-refractivity contribution in [1.29, 1.82) is 0 Å². The monoisotopic (exact) mass is 340 g/mol. The van der Waals surface area contributed by atoms with E-state index in [9.17, 15) is 0 Å². The average Bonchev–Trinajstić information content (AvgIpc) is 3.27. The fraction of sp³-hybridized carbons (Fsp3) is 0.600. The van der Waals surface area contributed by atoms with E-state index < -0.39 is 0 Å². The number of aryl methyl sites for hydroxylation is 1. The molecule has 1 aliphatic heterocycles. The van der Waals surface area contributed by atoms with Gasteiger partial charge >= 0.3 is 0 Å². The van der Waals surface area contributed by atoms with Crippen molar-refractivity contribution in [2.45, 2.75) is 57.1 Å². The molecule has 0 radical (unpaired) electrons. The first-order valence-electron chi connectivity index (χ1n) is 9.60. The molecule has 1 saturated carbocycles. The SMILES string of the molecule is Cn1cnnc1C1CCCN(Cc2cccc(OC3CCCC3)c2)C1. The third-order valence-electron chi connectivity index (χ3n) is 5.53. The maximum Gasteiger partial charge on any atom is 0.136 e. The van der Waals surface area contributed by atoms with Crippen LogP contribution in [0.5, 0.6) is 5.75 Å². The Bertz CT molecular complexity index is 693. The summed E-state index contributed by atoms with van der Waals surface area (Å²) in [4.78, 5) is 2.54. The standard InChI is InChI=1S/C20H28N4O/c1-23-15-21-22-20(23)17-7-5-11-24(14-17)13-16-6-4-10-19(12-16)25-18-8-2-3-9-18/h4,6,10,12,15,17-18H,2-3,5,7-9,11,13-14H2,1H3. The lowest BCUT2D eigenvalue weighted by Gasteiger charge is -2.32. The predicted molar refractivity (Wildman–Crippen MR) is 97.6 cm³/mol. The van der Waals surface area contributed by atoms with Crippen LogP contribution in [0.4, 0.5) is 0 Å². The molecule has 5 nitrogen and oxygen atoms in total. The van der Waals surface area contributed by atoms with Gasteiger partial charge in [0.2, 0.25) is 0 Å². The van der Waals surface area contributed by atoms with E-state index in [4.69, 9.17) is 4.74 Å². The topological polar surface area (TPSA) is 43.2 Å². The first kappa shape index (κ1) is 16.6. The summed E-state index contributed by atoms with van der Waals surface area (Å²) in [6.07, 6.45) is 9.67. The van der Waals surface area contributed by atoms with Crippen LogP contribution in [0.3, 0.4) is 0 Å². The van der Waals surface area contributed by atoms with Crippen LogP contribution in [0.1, 0.15) is 55.8 Å². The molecule has 2 aliphatic rings. The maximum absolute atomic E-state index is 6.16. The van der Waals surface area contributed by atoms with Crippen LogP contribution < -0.4 is 4.74 Å². The number of aromatic nitrogens is 3. The molecule has 2 heterocycles. The largest absolute Gasteiger partial charge is 0.490 e. The molecule has 134 valence electrons. The summed E-state index contributed by atoms with van der Waals surface area (Å²) in [5.74, 6) is 2.63. The van der Waals surface area contributed by atoms with Crippen LogP contribution in [-0.2, 0) is 13.6 Å². The number of rotatable bonds is 5. The molecule has 1 aromatic carbocycles. The molecule has 1 atom stereocenters. The molecule has 4 rings (SSSR count). The summed E-state index contributed by atoms with van der Waals surface area (Å²) in [7, 11) is 2.04. The summed E-state index contributed by atoms with van der Waals surface area (Å²) in [6, 6.07) is 8.67. The van der Waals surface area contributed by atoms with E-state index in [1.807, 2.05) is 7.05 Å². The Morgan fingerprint density at radius 1 is 1.16 bits per heavy atom. The van der Waals surface area contributed by atoms with Crippen molar-refractivity contribution >= 4 is 0 Å². The van der Waals surface area contributed by atoms with Crippen LogP contribution in [0.25, 0.3) is 0 Å². The minimum absolute atomic E-state index is 0.422. The molecule has 0 N–H and O–H groups in total. The fourth-order valence-corrected chi connectivity index (χ4v) is 4.25. The number of likely N-dealkylation sites (tertiary alicyclic amines) is 1. The van der Waals surface area contributed by atoms with Crippen LogP contribution in [0.2, 0.25) is 0 Å². The molecule has 0 amide bonds. The van der Waals surface area contributed by atoms with Gasteiger partial charge in [0.25, 0.3) is 0 Å². The van der Waals surface area contributed by atoms with Gasteiger partial charge in [0, 0.05) is 26.1 Å². The Hall–Kier alpha value is -1.88. The summed E-state index contributed by atoms with van der Waals surface area (Å²) in [5, 5.41) is 8.36. The Labute approximate surface area is 150 Å². The van der Waals surface area contributed by atoms with Crippen molar-refractivity contribution in [1.82, 2.24) is 19.7 Å². The molecule has 5 heteroatoms. The van der Waals surface area contributed by atoms with E-state index in [2.05, 4.69) is 43.9 Å². The number of hydrogen-bond acceptors (Lipinski definition) is 4. The molecule has 1 unspecified atom stereocenters. The van der Waals surface area contributed by atoms with Gasteiger partial charge < -0.3 is 9.30 Å². The van der Waals surface area contributed by atoms with Crippen molar-refractivity contribution < 1.29 is 4.74 Å². The van der Waals surface area contributed by atoms with Gasteiger partial charge in [-0.3, -0.25) is 4.90 Å². The third kappa shape index (κ3) is 4.03. The van der Waals surface area contributed by atoms with Crippen LogP contribution in [0, 0.1) is 0 Å². The minimum atomic E-state index is 0.422. The van der Waals surface area contributed by atoms with E-state index in [0.29, 0.717) is 12.0 Å². The Balaban J connectivity index is 1.38. The summed E-state index contributed by atoms with van der Waals surface area (Å²) >= 11 is 0. The number of nitrogens with zero attached hydrogens (tertiary/aromatic N) is 4. The molecular weight excluding hydrogens is 312 g/mol. The average molecular weight is 340 g/mol. The van der Waals surface area contributed by atoms with E-state index in [1.54, 1.807) is 6.33 Å². The highest BCUT2D eigenvalue weighted by atomic mass is 16.5. The molecular formula is C20H28N4O. The van der Waals surface area contributed by atoms with Crippen molar-refractivity contribution in [3.8, 4) is 5.75 Å². The van der Waals surface area contributed by atoms with Gasteiger partial charge in [-0.15, -0.1) is 10.2 Å². The number of hydrogen-bond donors (Lipinski definition) is 0. The van der Waals surface area contributed by atoms with Crippen molar-refractivity contribution in [2.75, 3.05) is 13.1 Å². The van der Waals surface area contributed by atoms with Crippen LogP contribution >= 0.6 is 0 Å². The van der Waals surface area contributed by atoms with E-state index >= 15 is 0 Å². The van der Waals surface area contributed by atoms with Crippen LogP contribution in [-0.4, -0.2) is 38.9 Å². The normalized spacial score (nSPS) is 22.4. The Morgan fingerprint density at radius 2 is 2.04 bits per heavy atom. The quantitative estimate of drug-likeness (QED) is 0.835. The summed E-state index contributed by atoms with van der Waals surface area (Å²) < 4.78 is 8.22. The van der Waals surface area contributed by atoms with Gasteiger partial charge in [-0.1, -0.05) is 12.1 Å². The molecule has 0 bridgehead atoms. The highest BCUT2D eigenvalue weighted by molar-refractivity contribution is 5.29. The third-order valence-corrected chi connectivity index (χ3v) is 5.53. The molecule has 1 aromatic heterocycles. The van der Waals surface area contributed by atoms with Gasteiger partial charge in [-0.25, -0.2) is 0 Å². The highest BCUT2D eigenvalue weighted by Crippen LogP contribution is 2.28. The summed E-state index contributed by atoms with van der Waals surface area (Å²) in [5.41, 5.74) is 1.34. The molecule has 2 aromatic rings. The van der Waals surface area contributed by atoms with Crippen molar-refractivity contribution in [3.05, 3.63) is 42.0 Å².